The van der Waals surface area contributed by atoms with Crippen molar-refractivity contribution >= 4 is 18.2 Å². The third kappa shape index (κ3) is 1.77. The van der Waals surface area contributed by atoms with E-state index in [0.717, 1.165) is 6.08 Å². The molecule has 0 spiro atoms. The van der Waals surface area contributed by atoms with Crippen LogP contribution in [-0.4, -0.2) is 9.97 Å². The smallest absolute Gasteiger partial charge is 0.162 e. The van der Waals surface area contributed by atoms with E-state index in [9.17, 15) is 4.39 Å². The summed E-state index contributed by atoms with van der Waals surface area (Å²) in [6.07, 6.45) is 1.06. The highest BCUT2D eigenvalue weighted by molar-refractivity contribution is 5.47. The highest BCUT2D eigenvalue weighted by Gasteiger charge is 2.01. The minimum atomic E-state index is -0.547. The van der Waals surface area contributed by atoms with Crippen molar-refractivity contribution < 1.29 is 4.39 Å². The van der Waals surface area contributed by atoms with Crippen LogP contribution < -0.4 is 22.0 Å². The third-order valence-corrected chi connectivity index (χ3v) is 1.68. The van der Waals surface area contributed by atoms with E-state index in [2.05, 4.69) is 28.6 Å². The first-order chi connectivity index (χ1) is 6.60. The standard InChI is InChI=1S/C9H11FN4/c1-4-7(10)8-5(2)13-9(14-11)6(3)12-8/h4H,1-2,11H2,3H3,(H,13,14)/b8-7-. The molecule has 0 unspecified atom stereocenters. The molecule has 0 atom stereocenters. The van der Waals surface area contributed by atoms with E-state index in [1.165, 1.54) is 0 Å². The average Bonchev–Trinajstić information content (AvgIpc) is 2.19. The molecular weight excluding hydrogens is 183 g/mol. The topological polar surface area (TPSA) is 63.8 Å². The maximum absolute atomic E-state index is 13.1. The molecule has 5 heteroatoms. The molecule has 1 rings (SSSR count). The normalized spacial score (nSPS) is 12.2. The Hall–Kier alpha value is -1.75. The fraction of sp³-hybridized carbons (Fsp3) is 0.111. The molecule has 3 N–H and O–H groups in total. The SMILES string of the molecule is C=C/C(F)=c1/nc(C)c(NN)nc1=C. The van der Waals surface area contributed by atoms with E-state index >= 15 is 0 Å². The summed E-state index contributed by atoms with van der Waals surface area (Å²) in [6.45, 7) is 8.53. The molecule has 1 aromatic heterocycles. The molecule has 1 aromatic rings. The van der Waals surface area contributed by atoms with Crippen LogP contribution in [0.15, 0.2) is 12.7 Å². The number of nitrogens with zero attached hydrogens (tertiary/aromatic N) is 2. The number of hydrogen-bond donors (Lipinski definition) is 2. The minimum absolute atomic E-state index is 0.0940. The second-order valence-electron chi connectivity index (χ2n) is 2.65. The van der Waals surface area contributed by atoms with Gasteiger partial charge in [0.05, 0.1) is 11.0 Å². The van der Waals surface area contributed by atoms with Crippen LogP contribution >= 0.6 is 0 Å². The molecule has 74 valence electrons. The predicted octanol–water partition coefficient (Wildman–Crippen LogP) is -0.255. The Balaban J connectivity index is 3.60. The Kier molecular flexibility index (Phi) is 2.93. The van der Waals surface area contributed by atoms with Gasteiger partial charge < -0.3 is 5.43 Å². The van der Waals surface area contributed by atoms with Gasteiger partial charge in [-0.3, -0.25) is 0 Å². The first kappa shape index (κ1) is 10.3. The van der Waals surface area contributed by atoms with Gasteiger partial charge in [-0.1, -0.05) is 13.2 Å². The van der Waals surface area contributed by atoms with Crippen LogP contribution in [0.1, 0.15) is 5.69 Å². The van der Waals surface area contributed by atoms with Gasteiger partial charge in [0.25, 0.3) is 0 Å². The molecule has 0 aliphatic carbocycles. The first-order valence-corrected chi connectivity index (χ1v) is 3.92. The molecule has 0 amide bonds. The lowest BCUT2D eigenvalue weighted by Gasteiger charge is -2.02. The van der Waals surface area contributed by atoms with E-state index in [1.807, 2.05) is 0 Å². The highest BCUT2D eigenvalue weighted by Crippen LogP contribution is 2.00. The minimum Gasteiger partial charge on any atom is -0.307 e. The van der Waals surface area contributed by atoms with Gasteiger partial charge >= 0.3 is 0 Å². The molecule has 1 heterocycles. The van der Waals surface area contributed by atoms with Gasteiger partial charge in [0, 0.05) is 0 Å². The quantitative estimate of drug-likeness (QED) is 0.503. The van der Waals surface area contributed by atoms with Crippen molar-refractivity contribution in [2.24, 2.45) is 5.84 Å². The maximum Gasteiger partial charge on any atom is 0.162 e. The van der Waals surface area contributed by atoms with Gasteiger partial charge in [-0.2, -0.15) is 0 Å². The van der Waals surface area contributed by atoms with Gasteiger partial charge in [0.1, 0.15) is 11.2 Å². The fourth-order valence-corrected chi connectivity index (χ4v) is 0.979. The number of nitrogens with one attached hydrogen (secondary N) is 1. The van der Waals surface area contributed by atoms with Gasteiger partial charge in [-0.05, 0) is 13.0 Å². The molecule has 0 bridgehead atoms. The largest absolute Gasteiger partial charge is 0.307 e. The lowest BCUT2D eigenvalue weighted by atomic mass is 10.4. The Morgan fingerprint density at radius 1 is 1.57 bits per heavy atom. The summed E-state index contributed by atoms with van der Waals surface area (Å²) >= 11 is 0. The molecular formula is C9H11FN4. The second-order valence-corrected chi connectivity index (χ2v) is 2.65. The average molecular weight is 194 g/mol. The number of aryl methyl sites for hydroxylation is 1. The zero-order valence-electron chi connectivity index (χ0n) is 7.84. The van der Waals surface area contributed by atoms with Crippen molar-refractivity contribution in [3.8, 4) is 0 Å². The summed E-state index contributed by atoms with van der Waals surface area (Å²) < 4.78 is 13.1. The van der Waals surface area contributed by atoms with Gasteiger partial charge in [0.15, 0.2) is 5.82 Å². The summed E-state index contributed by atoms with van der Waals surface area (Å²) in [6, 6.07) is 0. The van der Waals surface area contributed by atoms with Crippen LogP contribution in [0.5, 0.6) is 0 Å². The van der Waals surface area contributed by atoms with Crippen molar-refractivity contribution in [3.63, 3.8) is 0 Å². The number of nitrogen functional groups attached to an aromatic ring is 1. The van der Waals surface area contributed by atoms with Gasteiger partial charge in [-0.25, -0.2) is 20.2 Å². The van der Waals surface area contributed by atoms with Gasteiger partial charge in [0.2, 0.25) is 0 Å². The summed E-state index contributed by atoms with van der Waals surface area (Å²) in [5.41, 5.74) is 2.86. The molecule has 0 radical (unpaired) electrons. The zero-order valence-corrected chi connectivity index (χ0v) is 7.84. The molecule has 4 nitrogen and oxygen atoms in total. The van der Waals surface area contributed by atoms with Crippen LogP contribution in [0.3, 0.4) is 0 Å². The first-order valence-electron chi connectivity index (χ1n) is 3.92. The van der Waals surface area contributed by atoms with Crippen molar-refractivity contribution in [2.45, 2.75) is 6.92 Å². The van der Waals surface area contributed by atoms with Crippen molar-refractivity contribution in [1.82, 2.24) is 9.97 Å². The lowest BCUT2D eigenvalue weighted by molar-refractivity contribution is 0.750. The number of aromatic nitrogens is 2. The number of halogens is 1. The summed E-state index contributed by atoms with van der Waals surface area (Å²) in [5, 5.41) is 0.317. The number of hydrazine groups is 1. The Morgan fingerprint density at radius 3 is 2.71 bits per heavy atom. The van der Waals surface area contributed by atoms with E-state index in [0.29, 0.717) is 11.5 Å². The Bertz CT molecular complexity index is 466. The maximum atomic E-state index is 13.1. The number of anilines is 1. The predicted molar refractivity (Wildman–Crippen MR) is 54.1 cm³/mol. The molecule has 0 saturated carbocycles. The molecule has 0 aromatic carbocycles. The lowest BCUT2D eigenvalue weighted by Crippen LogP contribution is -2.34. The third-order valence-electron chi connectivity index (χ3n) is 1.68. The summed E-state index contributed by atoms with van der Waals surface area (Å²) in [4.78, 5) is 7.91. The number of hydrogen-bond acceptors (Lipinski definition) is 4. The summed E-state index contributed by atoms with van der Waals surface area (Å²) in [5.74, 6) is 5.01. The van der Waals surface area contributed by atoms with Gasteiger partial charge in [-0.15, -0.1) is 0 Å². The van der Waals surface area contributed by atoms with Crippen molar-refractivity contribution in [2.75, 3.05) is 5.43 Å². The number of nitrogens with two attached hydrogens (primary N) is 1. The van der Waals surface area contributed by atoms with E-state index in [4.69, 9.17) is 5.84 Å². The number of allylic oxidation sites excluding steroid dienone is 1. The van der Waals surface area contributed by atoms with Crippen molar-refractivity contribution in [3.05, 3.63) is 29.0 Å². The van der Waals surface area contributed by atoms with Crippen LogP contribution in [0, 0.1) is 6.92 Å². The fourth-order valence-electron chi connectivity index (χ4n) is 0.979. The second kappa shape index (κ2) is 3.97. The van der Waals surface area contributed by atoms with Crippen LogP contribution in [0.4, 0.5) is 10.2 Å². The Morgan fingerprint density at radius 2 is 2.21 bits per heavy atom. The Labute approximate surface area is 80.7 Å². The van der Waals surface area contributed by atoms with Crippen LogP contribution in [0.2, 0.25) is 0 Å². The van der Waals surface area contributed by atoms with E-state index < -0.39 is 5.83 Å². The monoisotopic (exact) mass is 194 g/mol. The van der Waals surface area contributed by atoms with Crippen molar-refractivity contribution in [1.29, 1.82) is 0 Å². The molecule has 0 saturated heterocycles. The highest BCUT2D eigenvalue weighted by atomic mass is 19.1. The molecule has 0 fully saturated rings. The summed E-state index contributed by atoms with van der Waals surface area (Å²) in [7, 11) is 0. The van der Waals surface area contributed by atoms with Crippen LogP contribution in [-0.2, 0) is 0 Å². The molecule has 0 aliphatic rings. The number of rotatable bonds is 2. The van der Waals surface area contributed by atoms with Crippen LogP contribution in [0.25, 0.3) is 12.4 Å². The molecule has 0 aliphatic heterocycles. The molecule has 14 heavy (non-hydrogen) atoms. The van der Waals surface area contributed by atoms with E-state index in [-0.39, 0.29) is 10.7 Å². The van der Waals surface area contributed by atoms with E-state index in [1.54, 1.807) is 6.92 Å². The zero-order chi connectivity index (χ0) is 10.7.